The summed E-state index contributed by atoms with van der Waals surface area (Å²) < 4.78 is 1.86. The summed E-state index contributed by atoms with van der Waals surface area (Å²) in [7, 11) is 0. The van der Waals surface area contributed by atoms with E-state index in [1.54, 1.807) is 12.4 Å². The van der Waals surface area contributed by atoms with E-state index in [-0.39, 0.29) is 11.2 Å². The number of amides is 1. The van der Waals surface area contributed by atoms with Gasteiger partial charge in [0.2, 0.25) is 5.91 Å². The Kier molecular flexibility index (Phi) is 5.38. The fourth-order valence-electron chi connectivity index (χ4n) is 2.00. The molecular weight excluding hydrogens is 296 g/mol. The average Bonchev–Trinajstić information content (AvgIpc) is 2.89. The Morgan fingerprint density at radius 2 is 2.27 bits per heavy atom. The molecule has 0 bridgehead atoms. The molecule has 22 heavy (non-hydrogen) atoms. The molecule has 1 aromatic heterocycles. The monoisotopic (exact) mass is 316 g/mol. The molecule has 1 amide bonds. The van der Waals surface area contributed by atoms with Crippen LogP contribution in [-0.4, -0.2) is 25.9 Å². The molecule has 6 heteroatoms. The fourth-order valence-corrected chi connectivity index (χ4v) is 2.83. The molecular formula is C16H20N4OS. The highest BCUT2D eigenvalue weighted by Gasteiger charge is 2.18. The predicted octanol–water partition coefficient (Wildman–Crippen LogP) is 3.20. The second-order valence-electron chi connectivity index (χ2n) is 5.12. The lowest BCUT2D eigenvalue weighted by molar-refractivity contribution is -0.115. The molecule has 0 aliphatic heterocycles. The van der Waals surface area contributed by atoms with Crippen molar-refractivity contribution in [2.24, 2.45) is 0 Å². The van der Waals surface area contributed by atoms with Crippen LogP contribution in [0.2, 0.25) is 0 Å². The molecule has 1 aromatic carbocycles. The van der Waals surface area contributed by atoms with Crippen molar-refractivity contribution in [3.63, 3.8) is 0 Å². The maximum atomic E-state index is 12.3. The van der Waals surface area contributed by atoms with Crippen LogP contribution in [0.1, 0.15) is 18.1 Å². The Morgan fingerprint density at radius 1 is 1.50 bits per heavy atom. The average molecular weight is 316 g/mol. The van der Waals surface area contributed by atoms with Crippen LogP contribution in [0.25, 0.3) is 0 Å². The van der Waals surface area contributed by atoms with Gasteiger partial charge in [-0.25, -0.2) is 0 Å². The number of rotatable bonds is 6. The van der Waals surface area contributed by atoms with Crippen molar-refractivity contribution in [2.75, 3.05) is 5.32 Å². The minimum Gasteiger partial charge on any atom is -0.325 e. The summed E-state index contributed by atoms with van der Waals surface area (Å²) in [6.45, 7) is 10.2. The summed E-state index contributed by atoms with van der Waals surface area (Å²) in [6, 6.07) is 5.97. The van der Waals surface area contributed by atoms with Gasteiger partial charge >= 0.3 is 0 Å². The second kappa shape index (κ2) is 7.26. The molecule has 0 unspecified atom stereocenters. The van der Waals surface area contributed by atoms with Gasteiger partial charge in [0, 0.05) is 12.2 Å². The van der Waals surface area contributed by atoms with E-state index in [2.05, 4.69) is 22.1 Å². The zero-order chi connectivity index (χ0) is 16.1. The summed E-state index contributed by atoms with van der Waals surface area (Å²) >= 11 is 1.38. The van der Waals surface area contributed by atoms with Gasteiger partial charge in [-0.1, -0.05) is 35.5 Å². The molecule has 0 fully saturated rings. The molecule has 1 atom stereocenters. The topological polar surface area (TPSA) is 59.8 Å². The molecule has 0 saturated carbocycles. The molecule has 0 saturated heterocycles. The number of aryl methyl sites for hydroxylation is 2. The van der Waals surface area contributed by atoms with Crippen molar-refractivity contribution in [1.29, 1.82) is 0 Å². The first kappa shape index (κ1) is 16.3. The van der Waals surface area contributed by atoms with Crippen LogP contribution < -0.4 is 5.32 Å². The first-order valence-corrected chi connectivity index (χ1v) is 7.92. The van der Waals surface area contributed by atoms with Crippen molar-refractivity contribution in [3.8, 4) is 0 Å². The molecule has 2 aromatic rings. The van der Waals surface area contributed by atoms with Gasteiger partial charge < -0.3 is 9.88 Å². The van der Waals surface area contributed by atoms with Crippen molar-refractivity contribution in [2.45, 2.75) is 37.7 Å². The normalized spacial score (nSPS) is 12.0. The Bertz CT molecular complexity index is 681. The van der Waals surface area contributed by atoms with Gasteiger partial charge in [-0.15, -0.1) is 16.8 Å². The predicted molar refractivity (Wildman–Crippen MR) is 90.1 cm³/mol. The van der Waals surface area contributed by atoms with Gasteiger partial charge in [0.25, 0.3) is 0 Å². The first-order valence-electron chi connectivity index (χ1n) is 7.04. The Labute approximate surface area is 134 Å². The molecule has 2 rings (SSSR count). The number of aromatic nitrogens is 3. The Hall–Kier alpha value is -2.08. The van der Waals surface area contributed by atoms with Gasteiger partial charge in [-0.3, -0.25) is 4.79 Å². The summed E-state index contributed by atoms with van der Waals surface area (Å²) in [5, 5.41) is 11.3. The van der Waals surface area contributed by atoms with E-state index >= 15 is 0 Å². The lowest BCUT2D eigenvalue weighted by Crippen LogP contribution is -2.23. The summed E-state index contributed by atoms with van der Waals surface area (Å²) in [5.74, 6) is -0.0508. The van der Waals surface area contributed by atoms with E-state index < -0.39 is 0 Å². The van der Waals surface area contributed by atoms with Crippen molar-refractivity contribution in [1.82, 2.24) is 14.8 Å². The summed E-state index contributed by atoms with van der Waals surface area (Å²) in [6.07, 6.45) is 3.41. The van der Waals surface area contributed by atoms with Crippen LogP contribution in [0.4, 0.5) is 5.69 Å². The molecule has 1 N–H and O–H groups in total. The van der Waals surface area contributed by atoms with Gasteiger partial charge in [0.15, 0.2) is 5.16 Å². The molecule has 5 nitrogen and oxygen atoms in total. The van der Waals surface area contributed by atoms with Crippen molar-refractivity contribution >= 4 is 23.4 Å². The highest BCUT2D eigenvalue weighted by molar-refractivity contribution is 8.00. The summed E-state index contributed by atoms with van der Waals surface area (Å²) in [4.78, 5) is 12.3. The van der Waals surface area contributed by atoms with Crippen LogP contribution in [0.15, 0.2) is 42.3 Å². The Morgan fingerprint density at radius 3 is 2.95 bits per heavy atom. The van der Waals surface area contributed by atoms with Crippen LogP contribution in [0.5, 0.6) is 0 Å². The minimum atomic E-state index is -0.270. The second-order valence-corrected chi connectivity index (χ2v) is 6.43. The first-order chi connectivity index (χ1) is 10.5. The van der Waals surface area contributed by atoms with E-state index in [1.165, 1.54) is 17.3 Å². The number of thioether (sulfide) groups is 1. The van der Waals surface area contributed by atoms with Gasteiger partial charge in [-0.05, 0) is 32.4 Å². The smallest absolute Gasteiger partial charge is 0.237 e. The largest absolute Gasteiger partial charge is 0.325 e. The van der Waals surface area contributed by atoms with E-state index in [1.807, 2.05) is 43.5 Å². The van der Waals surface area contributed by atoms with Crippen LogP contribution >= 0.6 is 11.8 Å². The van der Waals surface area contributed by atoms with Crippen molar-refractivity contribution < 1.29 is 4.79 Å². The third-order valence-corrected chi connectivity index (χ3v) is 4.29. The van der Waals surface area contributed by atoms with Crippen LogP contribution in [0, 0.1) is 13.8 Å². The maximum Gasteiger partial charge on any atom is 0.237 e. The molecule has 1 heterocycles. The lowest BCUT2D eigenvalue weighted by atomic mass is 10.1. The SMILES string of the molecule is C=CCn1cnnc1S[C@H](C)C(=O)Nc1ccc(C)cc1C. The van der Waals surface area contributed by atoms with Gasteiger partial charge in [0.1, 0.15) is 6.33 Å². The molecule has 0 aliphatic rings. The molecule has 0 radical (unpaired) electrons. The number of nitrogens with zero attached hydrogens (tertiary/aromatic N) is 3. The number of nitrogens with one attached hydrogen (secondary N) is 1. The highest BCUT2D eigenvalue weighted by Crippen LogP contribution is 2.23. The lowest BCUT2D eigenvalue weighted by Gasteiger charge is -2.13. The molecule has 0 aliphatic carbocycles. The number of hydrogen-bond donors (Lipinski definition) is 1. The molecule has 0 spiro atoms. The summed E-state index contributed by atoms with van der Waals surface area (Å²) in [5.41, 5.74) is 3.08. The standard InChI is InChI=1S/C16H20N4OS/c1-5-8-20-10-17-19-16(20)22-13(4)15(21)18-14-7-6-11(2)9-12(14)3/h5-7,9-10,13H,1,8H2,2-4H3,(H,18,21)/t13-/m1/s1. The van der Waals surface area contributed by atoms with E-state index in [9.17, 15) is 4.79 Å². The highest BCUT2D eigenvalue weighted by atomic mass is 32.2. The number of benzene rings is 1. The van der Waals surface area contributed by atoms with Crippen LogP contribution in [-0.2, 0) is 11.3 Å². The number of allylic oxidation sites excluding steroid dienone is 1. The van der Waals surface area contributed by atoms with E-state index in [0.717, 1.165) is 11.3 Å². The number of carbonyl (C=O) groups excluding carboxylic acids is 1. The van der Waals surface area contributed by atoms with E-state index in [4.69, 9.17) is 0 Å². The third-order valence-electron chi connectivity index (χ3n) is 3.20. The van der Waals surface area contributed by atoms with Gasteiger partial charge in [0.05, 0.1) is 5.25 Å². The number of anilines is 1. The minimum absolute atomic E-state index is 0.0508. The van der Waals surface area contributed by atoms with Crippen LogP contribution in [0.3, 0.4) is 0 Å². The molecule has 116 valence electrons. The van der Waals surface area contributed by atoms with Gasteiger partial charge in [-0.2, -0.15) is 0 Å². The number of hydrogen-bond acceptors (Lipinski definition) is 4. The third kappa shape index (κ3) is 3.98. The zero-order valence-corrected chi connectivity index (χ0v) is 13.9. The Balaban J connectivity index is 2.02. The van der Waals surface area contributed by atoms with Crippen molar-refractivity contribution in [3.05, 3.63) is 48.3 Å². The van der Waals surface area contributed by atoms with E-state index in [0.29, 0.717) is 11.7 Å². The number of carbonyl (C=O) groups is 1. The quantitative estimate of drug-likeness (QED) is 0.657. The fraction of sp³-hybridized carbons (Fsp3) is 0.312. The zero-order valence-electron chi connectivity index (χ0n) is 13.0. The maximum absolute atomic E-state index is 12.3.